The fraction of sp³-hybridized carbons (Fsp3) is 0.682. The van der Waals surface area contributed by atoms with E-state index in [0.717, 1.165) is 4.56 Å². The van der Waals surface area contributed by atoms with Crippen molar-refractivity contribution in [2.24, 2.45) is 0 Å². The Morgan fingerprint density at radius 3 is 2.00 bits per heavy atom. The second kappa shape index (κ2) is 11.2. The maximum atomic E-state index is 12.6. The molecule has 1 atom stereocenters. The second-order valence-corrected chi connectivity index (χ2v) is 21.7. The van der Waals surface area contributed by atoms with E-state index in [4.69, 9.17) is 4.74 Å². The van der Waals surface area contributed by atoms with Gasteiger partial charge in [-0.2, -0.15) is 0 Å². The summed E-state index contributed by atoms with van der Waals surface area (Å²) >= 11 is -2.41. The van der Waals surface area contributed by atoms with Crippen LogP contribution in [0.15, 0.2) is 30.3 Å². The number of amides is 1. The van der Waals surface area contributed by atoms with E-state index < -0.39 is 18.4 Å². The van der Waals surface area contributed by atoms with Crippen LogP contribution in [-0.4, -0.2) is 40.5 Å². The predicted molar refractivity (Wildman–Crippen MR) is 112 cm³/mol. The minimum atomic E-state index is -2.41. The Morgan fingerprint density at radius 1 is 0.962 bits per heavy atom. The van der Waals surface area contributed by atoms with E-state index in [0.29, 0.717) is 6.61 Å². The molecule has 0 unspecified atom stereocenters. The summed E-state index contributed by atoms with van der Waals surface area (Å²) in [6, 6.07) is 10.6. The molecule has 1 aliphatic rings. The van der Waals surface area contributed by atoms with Crippen LogP contribution >= 0.6 is 0 Å². The van der Waals surface area contributed by atoms with Gasteiger partial charge in [-0.15, -0.1) is 0 Å². The Kier molecular flexibility index (Phi) is 9.30. The first kappa shape index (κ1) is 21.6. The molecule has 2 rings (SSSR count). The molecule has 0 spiro atoms. The van der Waals surface area contributed by atoms with Gasteiger partial charge in [0, 0.05) is 0 Å². The zero-order valence-corrected chi connectivity index (χ0v) is 19.9. The zero-order chi connectivity index (χ0) is 18.8. The monoisotopic (exact) mass is 467 g/mol. The molecule has 1 amide bonds. The molecule has 1 aliphatic heterocycles. The standard InChI is InChI=1S/C10H10NO2.3C4H9.Sn/c1-11-9(7-13-10(11)12)8-5-3-2-4-6-8;3*1-3-4-2;/h2-6,9H,1,7H2;3*1,3-4H2,2H3;/t9-;;;;/m0..../s1. The summed E-state index contributed by atoms with van der Waals surface area (Å²) in [5, 5.41) is 0. The van der Waals surface area contributed by atoms with Crippen molar-refractivity contribution in [2.75, 3.05) is 11.2 Å². The topological polar surface area (TPSA) is 29.5 Å². The molecule has 0 aromatic heterocycles. The number of hydrogen-bond donors (Lipinski definition) is 0. The molecule has 1 aromatic rings. The molecule has 0 bridgehead atoms. The van der Waals surface area contributed by atoms with E-state index in [1.807, 2.05) is 6.07 Å². The molecule has 146 valence electrons. The van der Waals surface area contributed by atoms with E-state index in [9.17, 15) is 4.79 Å². The van der Waals surface area contributed by atoms with Gasteiger partial charge in [0.15, 0.2) is 0 Å². The number of unbranched alkanes of at least 4 members (excludes halogenated alkanes) is 3. The van der Waals surface area contributed by atoms with Gasteiger partial charge in [-0.3, -0.25) is 0 Å². The first-order valence-electron chi connectivity index (χ1n) is 10.6. The summed E-state index contributed by atoms with van der Waals surface area (Å²) in [4.78, 5) is 14.7. The van der Waals surface area contributed by atoms with Crippen LogP contribution in [0.4, 0.5) is 4.79 Å². The van der Waals surface area contributed by atoms with Crippen molar-refractivity contribution >= 4 is 24.5 Å². The quantitative estimate of drug-likeness (QED) is 0.326. The third-order valence-electron chi connectivity index (χ3n) is 5.85. The molecule has 1 saturated heterocycles. The number of nitrogens with zero attached hydrogens (tertiary/aromatic N) is 1. The van der Waals surface area contributed by atoms with E-state index in [-0.39, 0.29) is 12.1 Å². The molecule has 1 fully saturated rings. The van der Waals surface area contributed by atoms with Crippen LogP contribution in [0.25, 0.3) is 0 Å². The van der Waals surface area contributed by atoms with Crippen molar-refractivity contribution in [1.29, 1.82) is 0 Å². The summed E-state index contributed by atoms with van der Waals surface area (Å²) in [5.74, 6) is 0. The number of carbonyl (C=O) groups excluding carboxylic acids is 1. The second-order valence-electron chi connectivity index (χ2n) is 7.94. The first-order valence-corrected chi connectivity index (χ1v) is 18.7. The summed E-state index contributed by atoms with van der Waals surface area (Å²) in [6.07, 6.45) is 7.73. The van der Waals surface area contributed by atoms with Gasteiger partial charge in [0.1, 0.15) is 0 Å². The Hall–Kier alpha value is -0.711. The van der Waals surface area contributed by atoms with Crippen molar-refractivity contribution in [1.82, 2.24) is 4.90 Å². The van der Waals surface area contributed by atoms with E-state index in [1.165, 1.54) is 57.4 Å². The van der Waals surface area contributed by atoms with Crippen LogP contribution in [0.3, 0.4) is 0 Å². The van der Waals surface area contributed by atoms with E-state index in [2.05, 4.69) is 49.9 Å². The molecule has 26 heavy (non-hydrogen) atoms. The van der Waals surface area contributed by atoms with Crippen molar-refractivity contribution in [3.05, 3.63) is 35.9 Å². The Morgan fingerprint density at radius 2 is 1.50 bits per heavy atom. The number of cyclic esters (lactones) is 1. The van der Waals surface area contributed by atoms with Gasteiger partial charge < -0.3 is 0 Å². The van der Waals surface area contributed by atoms with Crippen molar-refractivity contribution < 1.29 is 9.53 Å². The summed E-state index contributed by atoms with van der Waals surface area (Å²) in [6.45, 7) is 7.41. The molecular weight excluding hydrogens is 429 g/mol. The average Bonchev–Trinajstić information content (AvgIpc) is 3.03. The zero-order valence-electron chi connectivity index (χ0n) is 17.0. The molecule has 4 heteroatoms. The third-order valence-corrected chi connectivity index (χ3v) is 20.8. The van der Waals surface area contributed by atoms with Crippen LogP contribution in [0.5, 0.6) is 0 Å². The maximum absolute atomic E-state index is 12.6. The van der Waals surface area contributed by atoms with Gasteiger partial charge in [-0.05, 0) is 0 Å². The molecule has 0 N–H and O–H groups in total. The van der Waals surface area contributed by atoms with Gasteiger partial charge in [0.25, 0.3) is 0 Å². The number of ether oxygens (including phenoxy) is 1. The molecule has 0 radical (unpaired) electrons. The van der Waals surface area contributed by atoms with Crippen LogP contribution in [0, 0.1) is 0 Å². The van der Waals surface area contributed by atoms with Crippen LogP contribution < -0.4 is 0 Å². The van der Waals surface area contributed by atoms with Gasteiger partial charge in [-0.25, -0.2) is 0 Å². The summed E-state index contributed by atoms with van der Waals surface area (Å²) in [7, 11) is 0. The molecule has 0 saturated carbocycles. The van der Waals surface area contributed by atoms with Crippen molar-refractivity contribution in [2.45, 2.75) is 78.6 Å². The Balaban J connectivity index is 2.22. The molecule has 3 nitrogen and oxygen atoms in total. The average molecular weight is 466 g/mol. The number of carbonyl (C=O) groups is 1. The third kappa shape index (κ3) is 5.90. The number of rotatable bonds is 12. The Bertz CT molecular complexity index is 512. The van der Waals surface area contributed by atoms with Gasteiger partial charge in [0.05, 0.1) is 0 Å². The molecule has 1 aromatic carbocycles. The van der Waals surface area contributed by atoms with Gasteiger partial charge in [0.2, 0.25) is 0 Å². The minimum absolute atomic E-state index is 0.0792. The van der Waals surface area contributed by atoms with Crippen molar-refractivity contribution in [3.63, 3.8) is 0 Å². The fourth-order valence-electron chi connectivity index (χ4n) is 4.21. The normalized spacial score (nSPS) is 17.6. The number of benzene rings is 1. The summed E-state index contributed by atoms with van der Waals surface area (Å²) in [5.41, 5.74) is 1.22. The van der Waals surface area contributed by atoms with Crippen molar-refractivity contribution in [3.8, 4) is 0 Å². The van der Waals surface area contributed by atoms with Crippen LogP contribution in [0.1, 0.15) is 70.9 Å². The summed E-state index contributed by atoms with van der Waals surface area (Å²) < 4.78 is 10.8. The molecular formula is C22H37NO2Sn. The van der Waals surface area contributed by atoms with Gasteiger partial charge in [-0.1, -0.05) is 0 Å². The molecule has 0 aliphatic carbocycles. The Labute approximate surface area is 164 Å². The SMILES string of the molecule is CCC[CH2][Sn]([CH2]CCC)([CH2]CCC)[CH2]N1C(=O)OC[C@H]1c1ccccc1. The van der Waals surface area contributed by atoms with Gasteiger partial charge >= 0.3 is 165 Å². The predicted octanol–water partition coefficient (Wildman–Crippen LogP) is 6.57. The number of hydrogen-bond acceptors (Lipinski definition) is 2. The van der Waals surface area contributed by atoms with E-state index in [1.54, 1.807) is 0 Å². The van der Waals surface area contributed by atoms with Crippen LogP contribution in [0.2, 0.25) is 13.3 Å². The molecule has 1 heterocycles. The van der Waals surface area contributed by atoms with Crippen LogP contribution in [-0.2, 0) is 4.74 Å². The fourth-order valence-corrected chi connectivity index (χ4v) is 20.2. The first-order chi connectivity index (χ1) is 12.7. The van der Waals surface area contributed by atoms with E-state index >= 15 is 0 Å².